The maximum atomic E-state index is 12.3. The molecule has 4 nitrogen and oxygen atoms in total. The maximum Gasteiger partial charge on any atom is 0.240 e. The molecule has 0 saturated carbocycles. The Labute approximate surface area is 148 Å². The van der Waals surface area contributed by atoms with Crippen LogP contribution in [0.15, 0.2) is 58.3 Å². The van der Waals surface area contributed by atoms with Crippen molar-refractivity contribution in [3.05, 3.63) is 54.1 Å². The van der Waals surface area contributed by atoms with Crippen molar-refractivity contribution in [3.63, 3.8) is 0 Å². The van der Waals surface area contributed by atoms with Crippen LogP contribution in [0, 0.1) is 0 Å². The molecule has 0 amide bonds. The van der Waals surface area contributed by atoms with Crippen molar-refractivity contribution in [2.24, 2.45) is 0 Å². The van der Waals surface area contributed by atoms with E-state index in [1.165, 1.54) is 0 Å². The summed E-state index contributed by atoms with van der Waals surface area (Å²) in [6.07, 6.45) is 4.05. The molecule has 2 aromatic rings. The second-order valence-corrected chi connectivity index (χ2v) is 7.99. The zero-order chi connectivity index (χ0) is 17.4. The topological polar surface area (TPSA) is 55.4 Å². The van der Waals surface area contributed by atoms with Crippen LogP contribution in [0.2, 0.25) is 0 Å². The lowest BCUT2D eigenvalue weighted by molar-refractivity contribution is 0.309. The van der Waals surface area contributed by atoms with Crippen molar-refractivity contribution in [1.29, 1.82) is 0 Å². The number of hydrogen-bond acceptors (Lipinski definition) is 4. The Morgan fingerprint density at radius 2 is 1.71 bits per heavy atom. The average Bonchev–Trinajstić information content (AvgIpc) is 2.61. The minimum atomic E-state index is -3.53. The number of thioether (sulfide) groups is 1. The van der Waals surface area contributed by atoms with Gasteiger partial charge in [-0.3, -0.25) is 0 Å². The molecule has 24 heavy (non-hydrogen) atoms. The minimum absolute atomic E-state index is 0.242. The third-order valence-electron chi connectivity index (χ3n) is 3.53. The van der Waals surface area contributed by atoms with Gasteiger partial charge >= 0.3 is 0 Å². The van der Waals surface area contributed by atoms with E-state index in [0.717, 1.165) is 23.3 Å². The van der Waals surface area contributed by atoms with E-state index in [2.05, 4.69) is 11.6 Å². The predicted octanol–water partition coefficient (Wildman–Crippen LogP) is 4.07. The van der Waals surface area contributed by atoms with Gasteiger partial charge in [0.1, 0.15) is 5.75 Å². The Bertz CT molecular complexity index is 726. The fourth-order valence-electron chi connectivity index (χ4n) is 2.05. The van der Waals surface area contributed by atoms with Crippen LogP contribution >= 0.6 is 11.8 Å². The minimum Gasteiger partial charge on any atom is -0.494 e. The number of rotatable bonds is 9. The highest BCUT2D eigenvalue weighted by molar-refractivity contribution is 7.98. The van der Waals surface area contributed by atoms with E-state index < -0.39 is 10.0 Å². The second kappa shape index (κ2) is 9.11. The predicted molar refractivity (Wildman–Crippen MR) is 99.1 cm³/mol. The molecule has 0 spiro atoms. The van der Waals surface area contributed by atoms with Crippen molar-refractivity contribution in [2.75, 3.05) is 12.9 Å². The molecule has 0 saturated heterocycles. The third-order valence-corrected chi connectivity index (χ3v) is 5.69. The fourth-order valence-corrected chi connectivity index (χ4v) is 3.48. The third kappa shape index (κ3) is 5.54. The Morgan fingerprint density at radius 3 is 2.29 bits per heavy atom. The number of nitrogens with one attached hydrogen (secondary N) is 1. The molecule has 0 bridgehead atoms. The summed E-state index contributed by atoms with van der Waals surface area (Å²) in [5.74, 6) is 0.690. The first-order valence-electron chi connectivity index (χ1n) is 7.90. The average molecular weight is 366 g/mol. The van der Waals surface area contributed by atoms with Crippen LogP contribution in [0.3, 0.4) is 0 Å². The summed E-state index contributed by atoms with van der Waals surface area (Å²) in [6.45, 7) is 3.01. The van der Waals surface area contributed by atoms with Gasteiger partial charge in [0.25, 0.3) is 0 Å². The van der Waals surface area contributed by atoms with Gasteiger partial charge in [0.2, 0.25) is 10.0 Å². The highest BCUT2D eigenvalue weighted by Crippen LogP contribution is 2.18. The molecule has 2 aromatic carbocycles. The van der Waals surface area contributed by atoms with Crippen molar-refractivity contribution in [3.8, 4) is 5.75 Å². The Balaban J connectivity index is 1.96. The zero-order valence-corrected chi connectivity index (χ0v) is 15.6. The Morgan fingerprint density at radius 1 is 1.04 bits per heavy atom. The molecule has 6 heteroatoms. The molecule has 0 aliphatic heterocycles. The highest BCUT2D eigenvalue weighted by Gasteiger charge is 2.13. The highest BCUT2D eigenvalue weighted by atomic mass is 32.2. The molecule has 0 fully saturated rings. The molecule has 0 aliphatic carbocycles. The van der Waals surface area contributed by atoms with Crippen molar-refractivity contribution in [2.45, 2.75) is 36.1 Å². The molecule has 0 unspecified atom stereocenters. The van der Waals surface area contributed by atoms with E-state index in [1.807, 2.05) is 30.5 Å². The second-order valence-electron chi connectivity index (χ2n) is 5.35. The van der Waals surface area contributed by atoms with E-state index >= 15 is 0 Å². The van der Waals surface area contributed by atoms with Gasteiger partial charge in [-0.05, 0) is 54.6 Å². The van der Waals surface area contributed by atoms with Gasteiger partial charge in [-0.25, -0.2) is 13.1 Å². The van der Waals surface area contributed by atoms with Crippen LogP contribution in [-0.2, 0) is 16.6 Å². The van der Waals surface area contributed by atoms with Gasteiger partial charge in [0, 0.05) is 11.4 Å². The van der Waals surface area contributed by atoms with Gasteiger partial charge < -0.3 is 4.74 Å². The largest absolute Gasteiger partial charge is 0.494 e. The number of hydrogen-bond donors (Lipinski definition) is 1. The summed E-state index contributed by atoms with van der Waals surface area (Å²) in [5.41, 5.74) is 0.927. The molecule has 0 aromatic heterocycles. The normalized spacial score (nSPS) is 11.4. The van der Waals surface area contributed by atoms with Gasteiger partial charge in [-0.1, -0.05) is 25.5 Å². The maximum absolute atomic E-state index is 12.3. The van der Waals surface area contributed by atoms with E-state index in [9.17, 15) is 8.42 Å². The van der Waals surface area contributed by atoms with Gasteiger partial charge in [0.15, 0.2) is 0 Å². The molecular formula is C18H23NO3S2. The summed E-state index contributed by atoms with van der Waals surface area (Å²) in [4.78, 5) is 1.39. The summed E-state index contributed by atoms with van der Waals surface area (Å²) in [5, 5.41) is 0. The SMILES string of the molecule is CCCCOc1ccc(S(=O)(=O)NCc2ccc(SC)cc2)cc1. The first-order valence-corrected chi connectivity index (χ1v) is 10.6. The van der Waals surface area contributed by atoms with E-state index in [4.69, 9.17) is 4.74 Å². The van der Waals surface area contributed by atoms with Crippen molar-refractivity contribution < 1.29 is 13.2 Å². The van der Waals surface area contributed by atoms with Crippen LogP contribution < -0.4 is 9.46 Å². The van der Waals surface area contributed by atoms with Crippen LogP contribution in [0.5, 0.6) is 5.75 Å². The Hall–Kier alpha value is -1.50. The van der Waals surface area contributed by atoms with Crippen molar-refractivity contribution >= 4 is 21.8 Å². The number of sulfonamides is 1. The van der Waals surface area contributed by atoms with Gasteiger partial charge in [-0.2, -0.15) is 0 Å². The fraction of sp³-hybridized carbons (Fsp3) is 0.333. The molecule has 1 N–H and O–H groups in total. The summed E-state index contributed by atoms with van der Waals surface area (Å²) < 4.78 is 32.9. The van der Waals surface area contributed by atoms with E-state index in [-0.39, 0.29) is 11.4 Å². The summed E-state index contributed by atoms with van der Waals surface area (Å²) in [7, 11) is -3.53. The lowest BCUT2D eigenvalue weighted by Crippen LogP contribution is -2.23. The molecule has 2 rings (SSSR count). The van der Waals surface area contributed by atoms with Crippen LogP contribution in [0.1, 0.15) is 25.3 Å². The molecule has 0 radical (unpaired) electrons. The van der Waals surface area contributed by atoms with E-state index in [0.29, 0.717) is 12.4 Å². The first-order chi connectivity index (χ1) is 11.5. The Kier molecular flexibility index (Phi) is 7.15. The molecule has 0 aliphatic rings. The van der Waals surface area contributed by atoms with Gasteiger partial charge in [0.05, 0.1) is 11.5 Å². The summed E-state index contributed by atoms with van der Waals surface area (Å²) in [6, 6.07) is 14.3. The quantitative estimate of drug-likeness (QED) is 0.538. The smallest absolute Gasteiger partial charge is 0.240 e. The standard InChI is InChI=1S/C18H23NO3S2/c1-3-4-13-22-16-7-11-18(12-8-16)24(20,21)19-14-15-5-9-17(23-2)10-6-15/h5-12,19H,3-4,13-14H2,1-2H3. The van der Waals surface area contributed by atoms with Gasteiger partial charge in [-0.15, -0.1) is 11.8 Å². The molecule has 130 valence electrons. The molecule has 0 heterocycles. The van der Waals surface area contributed by atoms with Crippen molar-refractivity contribution in [1.82, 2.24) is 4.72 Å². The number of benzene rings is 2. The lowest BCUT2D eigenvalue weighted by atomic mass is 10.2. The molecular weight excluding hydrogens is 342 g/mol. The van der Waals surface area contributed by atoms with Crippen LogP contribution in [0.4, 0.5) is 0 Å². The molecule has 0 atom stereocenters. The van der Waals surface area contributed by atoms with Crippen LogP contribution in [-0.4, -0.2) is 21.3 Å². The summed E-state index contributed by atoms with van der Waals surface area (Å²) >= 11 is 1.66. The zero-order valence-electron chi connectivity index (χ0n) is 14.0. The monoisotopic (exact) mass is 365 g/mol. The van der Waals surface area contributed by atoms with E-state index in [1.54, 1.807) is 36.0 Å². The van der Waals surface area contributed by atoms with Crippen LogP contribution in [0.25, 0.3) is 0 Å². The first kappa shape index (κ1) is 18.8. The lowest BCUT2D eigenvalue weighted by Gasteiger charge is -2.09. The number of unbranched alkanes of at least 4 members (excludes halogenated alkanes) is 1. The number of ether oxygens (including phenoxy) is 1.